The molecular weight excluding hydrogens is 388 g/mol. The van der Waals surface area contributed by atoms with Gasteiger partial charge in [-0.05, 0) is 47.7 Å². The van der Waals surface area contributed by atoms with E-state index in [0.29, 0.717) is 25.1 Å². The monoisotopic (exact) mass is 414 g/mol. The number of hydrogen-bond donors (Lipinski definition) is 0. The van der Waals surface area contributed by atoms with Crippen LogP contribution in [0, 0.1) is 0 Å². The van der Waals surface area contributed by atoms with E-state index in [-0.39, 0.29) is 5.91 Å². The first-order valence-electron chi connectivity index (χ1n) is 10.6. The Bertz CT molecular complexity index is 1080. The van der Waals surface area contributed by atoms with Crippen LogP contribution in [0.15, 0.2) is 73.1 Å². The molecule has 1 aliphatic rings. The molecule has 0 saturated carbocycles. The second-order valence-electron chi connectivity index (χ2n) is 8.15. The Morgan fingerprint density at radius 3 is 2.42 bits per heavy atom. The van der Waals surface area contributed by atoms with E-state index in [1.807, 2.05) is 36.4 Å². The summed E-state index contributed by atoms with van der Waals surface area (Å²) in [7, 11) is 0. The number of amides is 1. The maximum Gasteiger partial charge on any atom is 0.339 e. The number of hydrogen-bond acceptors (Lipinski definition) is 4. The lowest BCUT2D eigenvalue weighted by Crippen LogP contribution is -2.52. The molecule has 0 aliphatic carbocycles. The number of rotatable bonds is 6. The molecule has 5 heteroatoms. The molecule has 5 nitrogen and oxygen atoms in total. The van der Waals surface area contributed by atoms with Crippen LogP contribution < -0.4 is 0 Å². The highest BCUT2D eigenvalue weighted by Crippen LogP contribution is 2.30. The molecule has 1 aliphatic heterocycles. The van der Waals surface area contributed by atoms with Crippen molar-refractivity contribution < 1.29 is 14.3 Å². The fraction of sp³-hybridized carbons (Fsp3) is 0.269. The topological polar surface area (TPSA) is 59.5 Å². The molecule has 1 atom stereocenters. The third-order valence-corrected chi connectivity index (χ3v) is 5.72. The van der Waals surface area contributed by atoms with E-state index < -0.39 is 11.6 Å². The number of cyclic esters (lactones) is 1. The zero-order valence-electron chi connectivity index (χ0n) is 17.9. The van der Waals surface area contributed by atoms with Gasteiger partial charge in [-0.1, -0.05) is 55.5 Å². The quantitative estimate of drug-likeness (QED) is 0.563. The van der Waals surface area contributed by atoms with Crippen molar-refractivity contribution in [3.05, 3.63) is 101 Å². The van der Waals surface area contributed by atoms with Crippen molar-refractivity contribution in [2.75, 3.05) is 0 Å². The Labute approximate surface area is 182 Å². The molecule has 2 heterocycles. The lowest BCUT2D eigenvalue weighted by atomic mass is 9.88. The first-order valence-corrected chi connectivity index (χ1v) is 10.6. The fourth-order valence-electron chi connectivity index (χ4n) is 4.00. The number of nitrogens with zero attached hydrogens (tertiary/aromatic N) is 2. The third-order valence-electron chi connectivity index (χ3n) is 5.72. The lowest BCUT2D eigenvalue weighted by molar-refractivity contribution is -0.152. The van der Waals surface area contributed by atoms with E-state index in [0.717, 1.165) is 23.1 Å². The van der Waals surface area contributed by atoms with Gasteiger partial charge in [0, 0.05) is 31.9 Å². The summed E-state index contributed by atoms with van der Waals surface area (Å²) in [5, 5.41) is 0. The van der Waals surface area contributed by atoms with E-state index in [4.69, 9.17) is 4.74 Å². The minimum Gasteiger partial charge on any atom is -0.445 e. The number of esters is 1. The molecule has 0 N–H and O–H groups in total. The predicted octanol–water partition coefficient (Wildman–Crippen LogP) is 4.34. The molecule has 0 radical (unpaired) electrons. The fourth-order valence-corrected chi connectivity index (χ4v) is 4.00. The van der Waals surface area contributed by atoms with Crippen molar-refractivity contribution in [2.45, 2.75) is 45.4 Å². The molecule has 1 aromatic heterocycles. The standard InChI is InChI=1S/C26H26N2O3/c1-3-19-10-12-20(13-11-19)17-28(18-21-7-6-14-27-16-21)25(30)26(2)15-22-8-4-5-9-23(22)24(29)31-26/h4-14,16H,3,15,17-18H2,1-2H3. The maximum atomic E-state index is 13.7. The lowest BCUT2D eigenvalue weighted by Gasteiger charge is -2.37. The molecule has 4 rings (SSSR count). The number of ether oxygens (including phenoxy) is 1. The molecular formula is C26H26N2O3. The highest BCUT2D eigenvalue weighted by atomic mass is 16.6. The van der Waals surface area contributed by atoms with Crippen LogP contribution in [-0.4, -0.2) is 27.4 Å². The van der Waals surface area contributed by atoms with Crippen LogP contribution in [0.1, 0.15) is 46.5 Å². The van der Waals surface area contributed by atoms with Gasteiger partial charge in [-0.3, -0.25) is 9.78 Å². The summed E-state index contributed by atoms with van der Waals surface area (Å²) in [4.78, 5) is 32.3. The Morgan fingerprint density at radius 1 is 1.00 bits per heavy atom. The van der Waals surface area contributed by atoms with Gasteiger partial charge in [0.2, 0.25) is 0 Å². The van der Waals surface area contributed by atoms with E-state index in [2.05, 4.69) is 24.0 Å². The molecule has 158 valence electrons. The number of benzene rings is 2. The van der Waals surface area contributed by atoms with Crippen LogP contribution in [0.25, 0.3) is 0 Å². The molecule has 0 fully saturated rings. The van der Waals surface area contributed by atoms with E-state index >= 15 is 0 Å². The smallest absolute Gasteiger partial charge is 0.339 e. The SMILES string of the molecule is CCc1ccc(CN(Cc2cccnc2)C(=O)C2(C)Cc3ccccc3C(=O)O2)cc1. The molecule has 0 saturated heterocycles. The van der Waals surface area contributed by atoms with Crippen molar-refractivity contribution in [3.63, 3.8) is 0 Å². The van der Waals surface area contributed by atoms with Gasteiger partial charge in [-0.2, -0.15) is 0 Å². The van der Waals surface area contributed by atoms with E-state index in [1.54, 1.807) is 36.4 Å². The normalized spacial score (nSPS) is 17.5. The molecule has 0 spiro atoms. The molecule has 1 unspecified atom stereocenters. The summed E-state index contributed by atoms with van der Waals surface area (Å²) in [6, 6.07) is 19.4. The van der Waals surface area contributed by atoms with Crippen molar-refractivity contribution in [2.24, 2.45) is 0 Å². The van der Waals surface area contributed by atoms with Crippen molar-refractivity contribution in [1.82, 2.24) is 9.88 Å². The molecule has 3 aromatic rings. The van der Waals surface area contributed by atoms with Crippen molar-refractivity contribution >= 4 is 11.9 Å². The Morgan fingerprint density at radius 2 is 1.71 bits per heavy atom. The zero-order chi connectivity index (χ0) is 21.8. The van der Waals surface area contributed by atoms with Crippen LogP contribution in [0.5, 0.6) is 0 Å². The van der Waals surface area contributed by atoms with Gasteiger partial charge in [0.25, 0.3) is 5.91 Å². The first-order chi connectivity index (χ1) is 15.0. The maximum absolute atomic E-state index is 13.7. The van der Waals surface area contributed by atoms with Gasteiger partial charge in [0.05, 0.1) is 5.56 Å². The van der Waals surface area contributed by atoms with Gasteiger partial charge in [-0.25, -0.2) is 4.79 Å². The number of pyridine rings is 1. The molecule has 31 heavy (non-hydrogen) atoms. The van der Waals surface area contributed by atoms with Gasteiger partial charge in [-0.15, -0.1) is 0 Å². The zero-order valence-corrected chi connectivity index (χ0v) is 17.9. The van der Waals surface area contributed by atoms with Crippen molar-refractivity contribution in [1.29, 1.82) is 0 Å². The second kappa shape index (κ2) is 8.72. The molecule has 0 bridgehead atoms. The van der Waals surface area contributed by atoms with Crippen LogP contribution in [0.4, 0.5) is 0 Å². The number of fused-ring (bicyclic) bond motifs is 1. The number of carbonyl (C=O) groups excluding carboxylic acids is 2. The highest BCUT2D eigenvalue weighted by molar-refractivity contribution is 5.97. The van der Waals surface area contributed by atoms with Gasteiger partial charge >= 0.3 is 5.97 Å². The summed E-state index contributed by atoms with van der Waals surface area (Å²) >= 11 is 0. The Hall–Kier alpha value is -3.47. The average molecular weight is 415 g/mol. The number of aromatic nitrogens is 1. The van der Waals surface area contributed by atoms with Crippen LogP contribution in [0.3, 0.4) is 0 Å². The van der Waals surface area contributed by atoms with Crippen LogP contribution in [-0.2, 0) is 35.5 Å². The Balaban J connectivity index is 1.63. The summed E-state index contributed by atoms with van der Waals surface area (Å²) in [5.74, 6) is -0.662. The van der Waals surface area contributed by atoms with Crippen LogP contribution >= 0.6 is 0 Å². The average Bonchev–Trinajstić information content (AvgIpc) is 2.79. The third kappa shape index (κ3) is 4.50. The second-order valence-corrected chi connectivity index (χ2v) is 8.15. The Kier molecular flexibility index (Phi) is 5.85. The predicted molar refractivity (Wildman–Crippen MR) is 118 cm³/mol. The van der Waals surface area contributed by atoms with Gasteiger partial charge in [0.15, 0.2) is 5.60 Å². The summed E-state index contributed by atoms with van der Waals surface area (Å²) in [5.41, 5.74) is 3.31. The highest BCUT2D eigenvalue weighted by Gasteiger charge is 2.44. The first kappa shape index (κ1) is 20.8. The summed E-state index contributed by atoms with van der Waals surface area (Å²) in [6.07, 6.45) is 4.78. The van der Waals surface area contributed by atoms with Gasteiger partial charge in [0.1, 0.15) is 0 Å². The number of carbonyl (C=O) groups is 2. The van der Waals surface area contributed by atoms with Gasteiger partial charge < -0.3 is 9.64 Å². The minimum atomic E-state index is -1.25. The largest absolute Gasteiger partial charge is 0.445 e. The van der Waals surface area contributed by atoms with Crippen LogP contribution in [0.2, 0.25) is 0 Å². The summed E-state index contributed by atoms with van der Waals surface area (Å²) < 4.78 is 5.71. The van der Waals surface area contributed by atoms with Crippen molar-refractivity contribution in [3.8, 4) is 0 Å². The summed E-state index contributed by atoms with van der Waals surface area (Å²) in [6.45, 7) is 4.63. The van der Waals surface area contributed by atoms with E-state index in [9.17, 15) is 9.59 Å². The molecule has 1 amide bonds. The minimum absolute atomic E-state index is 0.209. The number of aryl methyl sites for hydroxylation is 1. The van der Waals surface area contributed by atoms with E-state index in [1.165, 1.54) is 5.56 Å². The molecule has 2 aromatic carbocycles.